The van der Waals surface area contributed by atoms with Gasteiger partial charge in [-0.05, 0) is 31.7 Å². The van der Waals surface area contributed by atoms with E-state index in [1.54, 1.807) is 7.11 Å². The van der Waals surface area contributed by atoms with Crippen molar-refractivity contribution in [3.63, 3.8) is 0 Å². The molecule has 1 aromatic heterocycles. The number of aliphatic imine (C=N–C) groups is 1. The van der Waals surface area contributed by atoms with Gasteiger partial charge in [-0.15, -0.1) is 24.0 Å². The molecule has 0 bridgehead atoms. The van der Waals surface area contributed by atoms with Crippen LogP contribution >= 0.6 is 24.0 Å². The summed E-state index contributed by atoms with van der Waals surface area (Å²) in [4.78, 5) is 11.5. The number of ether oxygens (including phenoxy) is 1. The molecule has 27 heavy (non-hydrogen) atoms. The Morgan fingerprint density at radius 2 is 2.19 bits per heavy atom. The largest absolute Gasteiger partial charge is 0.377 e. The molecule has 0 aliphatic carbocycles. The summed E-state index contributed by atoms with van der Waals surface area (Å²) in [6, 6.07) is 0.320. The van der Waals surface area contributed by atoms with Crippen LogP contribution in [0.1, 0.15) is 37.8 Å². The first kappa shape index (κ1) is 22.4. The van der Waals surface area contributed by atoms with E-state index in [1.807, 2.05) is 11.7 Å². The van der Waals surface area contributed by atoms with Gasteiger partial charge in [0.1, 0.15) is 12.4 Å². The number of nitrogens with zero attached hydrogens (tertiary/aromatic N) is 5. The fourth-order valence-electron chi connectivity index (χ4n) is 3.88. The Labute approximate surface area is 179 Å². The lowest BCUT2D eigenvalue weighted by molar-refractivity contribution is 0.177. The topological polar surface area (TPSA) is 79.6 Å². The number of aryl methyl sites for hydroxylation is 1. The van der Waals surface area contributed by atoms with Gasteiger partial charge in [-0.3, -0.25) is 4.99 Å². The molecule has 9 heteroatoms. The zero-order valence-electron chi connectivity index (χ0n) is 16.8. The molecule has 2 aliphatic heterocycles. The van der Waals surface area contributed by atoms with Crippen molar-refractivity contribution < 1.29 is 4.74 Å². The van der Waals surface area contributed by atoms with Gasteiger partial charge in [0.15, 0.2) is 11.8 Å². The van der Waals surface area contributed by atoms with Gasteiger partial charge in [-0.1, -0.05) is 6.92 Å². The minimum absolute atomic E-state index is 0. The van der Waals surface area contributed by atoms with Crippen LogP contribution < -0.4 is 10.6 Å². The molecule has 154 valence electrons. The predicted molar refractivity (Wildman–Crippen MR) is 118 cm³/mol. The van der Waals surface area contributed by atoms with Crippen molar-refractivity contribution >= 4 is 29.9 Å². The molecule has 2 atom stereocenters. The molecular weight excluding hydrogens is 457 g/mol. The molecular formula is C18H34IN7O. The number of hydrogen-bond donors (Lipinski definition) is 2. The molecule has 0 spiro atoms. The standard InChI is InChI=1S/C18H33N7O.HI/c1-14-5-4-9-24(11-14)10-8-20-18(19-2)21-15-6-7-17-22-16(13-26-3)23-25(17)12-15;/h14-15H,4-13H2,1-3H3,(H2,19,20,21);1H. The normalized spacial score (nSPS) is 23.4. The molecule has 2 aliphatic rings. The van der Waals surface area contributed by atoms with Crippen LogP contribution in [0.5, 0.6) is 0 Å². The van der Waals surface area contributed by atoms with E-state index in [0.717, 1.165) is 56.0 Å². The summed E-state index contributed by atoms with van der Waals surface area (Å²) >= 11 is 0. The average Bonchev–Trinajstić information content (AvgIpc) is 3.03. The lowest BCUT2D eigenvalue weighted by Gasteiger charge is -2.31. The molecule has 0 aromatic carbocycles. The van der Waals surface area contributed by atoms with Crippen molar-refractivity contribution in [2.75, 3.05) is 40.3 Å². The van der Waals surface area contributed by atoms with Crippen molar-refractivity contribution in [3.05, 3.63) is 11.6 Å². The minimum atomic E-state index is 0. The van der Waals surface area contributed by atoms with Crippen LogP contribution in [-0.4, -0.2) is 72.0 Å². The number of piperidine rings is 1. The van der Waals surface area contributed by atoms with E-state index in [2.05, 4.69) is 37.5 Å². The van der Waals surface area contributed by atoms with E-state index >= 15 is 0 Å². The summed E-state index contributed by atoms with van der Waals surface area (Å²) in [5, 5.41) is 11.5. The highest BCUT2D eigenvalue weighted by atomic mass is 127. The number of aromatic nitrogens is 3. The van der Waals surface area contributed by atoms with Crippen molar-refractivity contribution in [1.29, 1.82) is 0 Å². The molecule has 0 amide bonds. The van der Waals surface area contributed by atoms with Crippen LogP contribution in [0.25, 0.3) is 0 Å². The zero-order chi connectivity index (χ0) is 18.4. The van der Waals surface area contributed by atoms with Gasteiger partial charge in [0.05, 0.1) is 6.54 Å². The highest BCUT2D eigenvalue weighted by molar-refractivity contribution is 14.0. The number of hydrogen-bond acceptors (Lipinski definition) is 5. The van der Waals surface area contributed by atoms with E-state index in [1.165, 1.54) is 25.9 Å². The van der Waals surface area contributed by atoms with Gasteiger partial charge in [-0.2, -0.15) is 5.10 Å². The first-order valence-electron chi connectivity index (χ1n) is 9.79. The second-order valence-corrected chi connectivity index (χ2v) is 7.49. The summed E-state index contributed by atoms with van der Waals surface area (Å²) in [7, 11) is 3.50. The van der Waals surface area contributed by atoms with Crippen LogP contribution in [0.15, 0.2) is 4.99 Å². The predicted octanol–water partition coefficient (Wildman–Crippen LogP) is 1.25. The van der Waals surface area contributed by atoms with E-state index in [-0.39, 0.29) is 24.0 Å². The van der Waals surface area contributed by atoms with Gasteiger partial charge in [-0.25, -0.2) is 9.67 Å². The Kier molecular flexibility index (Phi) is 9.24. The molecule has 1 aromatic rings. The van der Waals surface area contributed by atoms with Crippen molar-refractivity contribution in [2.45, 2.75) is 51.8 Å². The Bertz CT molecular complexity index is 607. The lowest BCUT2D eigenvalue weighted by Crippen LogP contribution is -2.49. The first-order chi connectivity index (χ1) is 12.7. The molecule has 3 heterocycles. The average molecular weight is 491 g/mol. The highest BCUT2D eigenvalue weighted by Crippen LogP contribution is 2.15. The number of likely N-dealkylation sites (tertiary alicyclic amines) is 1. The molecule has 0 saturated carbocycles. The van der Waals surface area contributed by atoms with Gasteiger partial charge in [0.2, 0.25) is 0 Å². The summed E-state index contributed by atoms with van der Waals surface area (Å²) in [6.45, 7) is 8.07. The summed E-state index contributed by atoms with van der Waals surface area (Å²) < 4.78 is 7.13. The van der Waals surface area contributed by atoms with Gasteiger partial charge >= 0.3 is 0 Å². The Morgan fingerprint density at radius 1 is 1.33 bits per heavy atom. The van der Waals surface area contributed by atoms with Gasteiger partial charge in [0, 0.05) is 46.3 Å². The second-order valence-electron chi connectivity index (χ2n) is 7.49. The number of rotatable bonds is 6. The molecule has 3 rings (SSSR count). The first-order valence-corrected chi connectivity index (χ1v) is 9.79. The summed E-state index contributed by atoms with van der Waals surface area (Å²) in [5.74, 6) is 3.52. The number of nitrogens with one attached hydrogen (secondary N) is 2. The highest BCUT2D eigenvalue weighted by Gasteiger charge is 2.22. The molecule has 8 nitrogen and oxygen atoms in total. The van der Waals surface area contributed by atoms with Crippen LogP contribution in [0, 0.1) is 5.92 Å². The second kappa shape index (κ2) is 11.2. The monoisotopic (exact) mass is 491 g/mol. The summed E-state index contributed by atoms with van der Waals surface area (Å²) in [5.41, 5.74) is 0. The molecule has 2 N–H and O–H groups in total. The maximum atomic E-state index is 5.13. The Hall–Kier alpha value is -0.940. The van der Waals surface area contributed by atoms with Crippen LogP contribution in [0.4, 0.5) is 0 Å². The third-order valence-electron chi connectivity index (χ3n) is 5.20. The quantitative estimate of drug-likeness (QED) is 0.355. The lowest BCUT2D eigenvalue weighted by atomic mass is 10.0. The molecule has 2 unspecified atom stereocenters. The number of fused-ring (bicyclic) bond motifs is 1. The minimum Gasteiger partial charge on any atom is -0.377 e. The van der Waals surface area contributed by atoms with Crippen LogP contribution in [0.3, 0.4) is 0 Å². The van der Waals surface area contributed by atoms with Crippen LogP contribution in [-0.2, 0) is 24.3 Å². The van der Waals surface area contributed by atoms with Gasteiger partial charge < -0.3 is 20.3 Å². The van der Waals surface area contributed by atoms with Crippen LogP contribution in [0.2, 0.25) is 0 Å². The Morgan fingerprint density at radius 3 is 2.93 bits per heavy atom. The third-order valence-corrected chi connectivity index (χ3v) is 5.20. The Balaban J connectivity index is 0.00000261. The van der Waals surface area contributed by atoms with Crippen molar-refractivity contribution in [1.82, 2.24) is 30.3 Å². The number of halogens is 1. The SMILES string of the molecule is CN=C(NCCN1CCCC(C)C1)NC1CCc2nc(COC)nn2C1.I. The number of methoxy groups -OCH3 is 1. The maximum Gasteiger partial charge on any atom is 0.191 e. The summed E-state index contributed by atoms with van der Waals surface area (Å²) in [6.07, 6.45) is 4.65. The van der Waals surface area contributed by atoms with E-state index in [4.69, 9.17) is 4.74 Å². The fraction of sp³-hybridized carbons (Fsp3) is 0.833. The molecule has 0 radical (unpaired) electrons. The fourth-order valence-corrected chi connectivity index (χ4v) is 3.88. The number of guanidine groups is 1. The van der Waals surface area contributed by atoms with Crippen molar-refractivity contribution in [3.8, 4) is 0 Å². The van der Waals surface area contributed by atoms with E-state index in [9.17, 15) is 0 Å². The molecule has 1 fully saturated rings. The van der Waals surface area contributed by atoms with E-state index < -0.39 is 0 Å². The molecule has 1 saturated heterocycles. The van der Waals surface area contributed by atoms with Crippen molar-refractivity contribution in [2.24, 2.45) is 10.9 Å². The van der Waals surface area contributed by atoms with E-state index in [0.29, 0.717) is 12.6 Å². The van der Waals surface area contributed by atoms with Gasteiger partial charge in [0.25, 0.3) is 0 Å². The smallest absolute Gasteiger partial charge is 0.191 e. The zero-order valence-corrected chi connectivity index (χ0v) is 19.1. The maximum absolute atomic E-state index is 5.13. The third kappa shape index (κ3) is 6.56.